The Hall–Kier alpha value is -2.93. The number of benzene rings is 1. The summed E-state index contributed by atoms with van der Waals surface area (Å²) in [6.45, 7) is 1.66. The van der Waals surface area contributed by atoms with E-state index in [4.69, 9.17) is 4.42 Å². The molecule has 7 heteroatoms. The van der Waals surface area contributed by atoms with Crippen LogP contribution in [0, 0.1) is 12.7 Å². The van der Waals surface area contributed by atoms with Crippen molar-refractivity contribution in [2.45, 2.75) is 39.0 Å². The average Bonchev–Trinajstić information content (AvgIpc) is 3.35. The Bertz CT molecular complexity index is 966. The lowest BCUT2D eigenvalue weighted by molar-refractivity contribution is -0.116. The Morgan fingerprint density at radius 2 is 1.97 bits per heavy atom. The van der Waals surface area contributed by atoms with Gasteiger partial charge in [0.1, 0.15) is 11.6 Å². The van der Waals surface area contributed by atoms with Crippen molar-refractivity contribution in [3.63, 3.8) is 0 Å². The van der Waals surface area contributed by atoms with Crippen LogP contribution in [-0.2, 0) is 11.2 Å². The van der Waals surface area contributed by atoms with E-state index in [1.165, 1.54) is 35.4 Å². The molecule has 1 aromatic carbocycles. The van der Waals surface area contributed by atoms with Gasteiger partial charge in [-0.05, 0) is 61.9 Å². The van der Waals surface area contributed by atoms with E-state index in [0.717, 1.165) is 25.7 Å². The number of carbonyl (C=O) groups excluding carboxylic acids is 2. The second-order valence-electron chi connectivity index (χ2n) is 6.73. The van der Waals surface area contributed by atoms with Crippen LogP contribution in [0.4, 0.5) is 15.8 Å². The van der Waals surface area contributed by atoms with E-state index in [1.54, 1.807) is 18.3 Å². The van der Waals surface area contributed by atoms with Crippen molar-refractivity contribution in [3.05, 3.63) is 70.1 Å². The fourth-order valence-corrected chi connectivity index (χ4v) is 3.70. The highest BCUT2D eigenvalue weighted by atomic mass is 32.1. The van der Waals surface area contributed by atoms with E-state index in [9.17, 15) is 14.0 Å². The van der Waals surface area contributed by atoms with Gasteiger partial charge in [-0.15, -0.1) is 11.3 Å². The summed E-state index contributed by atoms with van der Waals surface area (Å²) < 4.78 is 19.2. The number of thiophene rings is 1. The molecule has 0 unspecified atom stereocenters. The number of carbonyl (C=O) groups is 2. The molecule has 3 aromatic rings. The number of aryl methyl sites for hydroxylation is 2. The summed E-state index contributed by atoms with van der Waals surface area (Å²) >= 11 is 1.75. The molecule has 29 heavy (non-hydrogen) atoms. The predicted octanol–water partition coefficient (Wildman–Crippen LogP) is 5.78. The van der Waals surface area contributed by atoms with Crippen molar-refractivity contribution in [3.8, 4) is 0 Å². The highest BCUT2D eigenvalue weighted by molar-refractivity contribution is 7.09. The third-order valence-electron chi connectivity index (χ3n) is 4.51. The van der Waals surface area contributed by atoms with Gasteiger partial charge in [0.2, 0.25) is 5.91 Å². The summed E-state index contributed by atoms with van der Waals surface area (Å²) in [5.41, 5.74) is 0.778. The maximum absolute atomic E-state index is 14.1. The number of nitrogens with one attached hydrogen (secondary N) is 2. The van der Waals surface area contributed by atoms with Crippen molar-refractivity contribution in [2.75, 3.05) is 10.6 Å². The highest BCUT2D eigenvalue weighted by Crippen LogP contribution is 2.22. The molecule has 5 nitrogen and oxygen atoms in total. The van der Waals surface area contributed by atoms with Crippen molar-refractivity contribution >= 4 is 34.5 Å². The van der Waals surface area contributed by atoms with Crippen LogP contribution in [0.5, 0.6) is 0 Å². The van der Waals surface area contributed by atoms with Gasteiger partial charge in [0.25, 0.3) is 5.91 Å². The third-order valence-corrected chi connectivity index (χ3v) is 5.45. The predicted molar refractivity (Wildman–Crippen MR) is 113 cm³/mol. The number of rotatable bonds is 9. The summed E-state index contributed by atoms with van der Waals surface area (Å²) in [6.07, 6.45) is 5.65. The minimum atomic E-state index is -0.578. The van der Waals surface area contributed by atoms with E-state index >= 15 is 0 Å². The largest absolute Gasteiger partial charge is 0.469 e. The minimum absolute atomic E-state index is 0.00403. The summed E-state index contributed by atoms with van der Waals surface area (Å²) in [5.74, 6) is -0.724. The van der Waals surface area contributed by atoms with Crippen molar-refractivity contribution < 1.29 is 18.4 Å². The molecule has 0 aliphatic rings. The summed E-state index contributed by atoms with van der Waals surface area (Å²) in [7, 11) is 0. The van der Waals surface area contributed by atoms with E-state index < -0.39 is 11.7 Å². The number of hydrogen-bond acceptors (Lipinski definition) is 4. The molecule has 0 spiro atoms. The van der Waals surface area contributed by atoms with Crippen LogP contribution in [0.1, 0.15) is 46.7 Å². The fourth-order valence-electron chi connectivity index (χ4n) is 2.95. The first-order valence-corrected chi connectivity index (χ1v) is 10.4. The Kier molecular flexibility index (Phi) is 7.19. The number of hydrogen-bond donors (Lipinski definition) is 2. The number of amides is 2. The Morgan fingerprint density at radius 1 is 1.10 bits per heavy atom. The summed E-state index contributed by atoms with van der Waals surface area (Å²) in [6, 6.07) is 9.79. The number of anilines is 2. The molecule has 152 valence electrons. The van der Waals surface area contributed by atoms with E-state index in [1.807, 2.05) is 6.07 Å². The van der Waals surface area contributed by atoms with Crippen molar-refractivity contribution in [1.29, 1.82) is 0 Å². The molecule has 2 aromatic heterocycles. The second kappa shape index (κ2) is 10.0. The number of furan rings is 1. The van der Waals surface area contributed by atoms with E-state index in [0.29, 0.717) is 23.4 Å². The van der Waals surface area contributed by atoms with Crippen LogP contribution in [0.2, 0.25) is 0 Å². The van der Waals surface area contributed by atoms with E-state index in [-0.39, 0.29) is 11.6 Å². The van der Waals surface area contributed by atoms with Gasteiger partial charge >= 0.3 is 0 Å². The third kappa shape index (κ3) is 6.02. The van der Waals surface area contributed by atoms with Crippen LogP contribution in [0.15, 0.2) is 52.5 Å². The van der Waals surface area contributed by atoms with Gasteiger partial charge < -0.3 is 15.1 Å². The molecule has 0 atom stereocenters. The molecule has 0 aliphatic carbocycles. The summed E-state index contributed by atoms with van der Waals surface area (Å²) in [5, 5.41) is 7.34. The van der Waals surface area contributed by atoms with E-state index in [2.05, 4.69) is 22.1 Å². The second-order valence-corrected chi connectivity index (χ2v) is 7.76. The highest BCUT2D eigenvalue weighted by Gasteiger charge is 2.14. The fraction of sp³-hybridized carbons (Fsp3) is 0.273. The first-order valence-electron chi connectivity index (χ1n) is 9.50. The lowest BCUT2D eigenvalue weighted by atomic mass is 10.1. The first-order chi connectivity index (χ1) is 14.0. The lowest BCUT2D eigenvalue weighted by Gasteiger charge is -2.10. The van der Waals surface area contributed by atoms with Gasteiger partial charge in [-0.25, -0.2) is 4.39 Å². The van der Waals surface area contributed by atoms with Crippen LogP contribution < -0.4 is 10.6 Å². The molecule has 3 rings (SSSR count). The standard InChI is InChI=1S/C22H23FN2O3S/c1-15-18(11-12-28-15)22(27)25-20-14-16(9-10-19(20)23)24-21(26)8-4-2-3-6-17-7-5-13-29-17/h5,7,9-14H,2-4,6,8H2,1H3,(H,24,26)(H,25,27). The zero-order valence-electron chi connectivity index (χ0n) is 16.2. The topological polar surface area (TPSA) is 71.3 Å². The zero-order chi connectivity index (χ0) is 20.6. The van der Waals surface area contributed by atoms with Crippen LogP contribution in [0.3, 0.4) is 0 Å². The van der Waals surface area contributed by atoms with Crippen molar-refractivity contribution in [2.24, 2.45) is 0 Å². The van der Waals surface area contributed by atoms with Gasteiger partial charge in [-0.2, -0.15) is 0 Å². The average molecular weight is 415 g/mol. The molecule has 2 amide bonds. The molecular weight excluding hydrogens is 391 g/mol. The maximum Gasteiger partial charge on any atom is 0.259 e. The molecule has 0 saturated carbocycles. The van der Waals surface area contributed by atoms with Gasteiger partial charge in [0, 0.05) is 17.0 Å². The Balaban J connectivity index is 1.47. The van der Waals surface area contributed by atoms with Gasteiger partial charge in [-0.3, -0.25) is 9.59 Å². The Labute approximate surface area is 172 Å². The van der Waals surface area contributed by atoms with Crippen LogP contribution in [-0.4, -0.2) is 11.8 Å². The lowest BCUT2D eigenvalue weighted by Crippen LogP contribution is -2.15. The monoisotopic (exact) mass is 414 g/mol. The number of halogens is 1. The molecule has 0 fully saturated rings. The maximum atomic E-state index is 14.1. The van der Waals surface area contributed by atoms with Gasteiger partial charge in [-0.1, -0.05) is 12.5 Å². The Morgan fingerprint density at radius 3 is 2.69 bits per heavy atom. The van der Waals surface area contributed by atoms with Crippen LogP contribution >= 0.6 is 11.3 Å². The van der Waals surface area contributed by atoms with Crippen molar-refractivity contribution in [1.82, 2.24) is 0 Å². The minimum Gasteiger partial charge on any atom is -0.469 e. The number of unbranched alkanes of at least 4 members (excludes halogenated alkanes) is 2. The zero-order valence-corrected chi connectivity index (χ0v) is 17.0. The molecule has 0 aliphatic heterocycles. The SMILES string of the molecule is Cc1occc1C(=O)Nc1cc(NC(=O)CCCCCc2cccs2)ccc1F. The molecule has 0 radical (unpaired) electrons. The molecule has 0 bridgehead atoms. The molecule has 2 N–H and O–H groups in total. The summed E-state index contributed by atoms with van der Waals surface area (Å²) in [4.78, 5) is 25.8. The first kappa shape index (κ1) is 20.8. The van der Waals surface area contributed by atoms with Crippen LogP contribution in [0.25, 0.3) is 0 Å². The van der Waals surface area contributed by atoms with Gasteiger partial charge in [0.15, 0.2) is 0 Å². The molecule has 0 saturated heterocycles. The molecular formula is C22H23FN2O3S. The quantitative estimate of drug-likeness (QED) is 0.436. The van der Waals surface area contributed by atoms with Gasteiger partial charge in [0.05, 0.1) is 17.5 Å². The molecule has 2 heterocycles. The smallest absolute Gasteiger partial charge is 0.259 e. The normalized spacial score (nSPS) is 10.7.